The molecule has 1 N–H and O–H groups in total. The van der Waals surface area contributed by atoms with E-state index < -0.39 is 5.97 Å². The second kappa shape index (κ2) is 3.84. The molecule has 19 heavy (non-hydrogen) atoms. The Morgan fingerprint density at radius 3 is 2.37 bits per heavy atom. The first-order chi connectivity index (χ1) is 9.13. The van der Waals surface area contributed by atoms with Crippen LogP contribution in [0.3, 0.4) is 0 Å². The fourth-order valence-electron chi connectivity index (χ4n) is 5.42. The predicted octanol–water partition coefficient (Wildman–Crippen LogP) is 3.13. The third-order valence-corrected chi connectivity index (χ3v) is 5.54. The molecule has 0 atom stereocenters. The number of rotatable bonds is 3. The number of carboxylic acid groups (broad SMARTS) is 1. The molecule has 0 aliphatic heterocycles. The molecule has 4 aliphatic carbocycles. The van der Waals surface area contributed by atoms with Crippen LogP contribution >= 0.6 is 0 Å². The zero-order valence-corrected chi connectivity index (χ0v) is 11.0. The Morgan fingerprint density at radius 2 is 1.84 bits per heavy atom. The number of aromatic carboxylic acids is 1. The average Bonchev–Trinajstić information content (AvgIpc) is 2.74. The Morgan fingerprint density at radius 1 is 1.26 bits per heavy atom. The standard InChI is InChI=1S/C15H19NO3/c17-14(18)13-12(19-8-16-13)7-15-4-9-1-10(5-15)3-11(2-9)6-15/h8-11H,1-7H2,(H,17,18). The molecule has 4 aliphatic rings. The van der Waals surface area contributed by atoms with Crippen molar-refractivity contribution in [2.24, 2.45) is 23.2 Å². The number of aromatic nitrogens is 1. The van der Waals surface area contributed by atoms with Gasteiger partial charge in [-0.15, -0.1) is 0 Å². The highest BCUT2D eigenvalue weighted by molar-refractivity contribution is 5.86. The van der Waals surface area contributed by atoms with Crippen LogP contribution in [0.4, 0.5) is 0 Å². The molecule has 1 aromatic heterocycles. The van der Waals surface area contributed by atoms with Gasteiger partial charge in [-0.05, 0) is 61.7 Å². The Bertz CT molecular complexity index is 484. The molecule has 1 heterocycles. The Labute approximate surface area is 112 Å². The monoisotopic (exact) mass is 261 g/mol. The molecule has 102 valence electrons. The summed E-state index contributed by atoms with van der Waals surface area (Å²) >= 11 is 0. The van der Waals surface area contributed by atoms with Gasteiger partial charge in [-0.1, -0.05) is 0 Å². The van der Waals surface area contributed by atoms with E-state index in [1.54, 1.807) is 0 Å². The highest BCUT2D eigenvalue weighted by atomic mass is 16.4. The van der Waals surface area contributed by atoms with Gasteiger partial charge in [0.15, 0.2) is 12.1 Å². The van der Waals surface area contributed by atoms with Crippen molar-refractivity contribution >= 4 is 5.97 Å². The van der Waals surface area contributed by atoms with E-state index in [-0.39, 0.29) is 5.69 Å². The fourth-order valence-corrected chi connectivity index (χ4v) is 5.42. The van der Waals surface area contributed by atoms with Gasteiger partial charge in [-0.25, -0.2) is 9.78 Å². The van der Waals surface area contributed by atoms with Gasteiger partial charge in [-0.3, -0.25) is 0 Å². The van der Waals surface area contributed by atoms with Crippen molar-refractivity contribution in [2.75, 3.05) is 0 Å². The molecule has 0 unspecified atom stereocenters. The van der Waals surface area contributed by atoms with Gasteiger partial charge in [0.25, 0.3) is 0 Å². The van der Waals surface area contributed by atoms with Crippen molar-refractivity contribution in [3.8, 4) is 0 Å². The SMILES string of the molecule is O=C(O)c1ncoc1CC12CC3CC(CC(C3)C1)C2. The van der Waals surface area contributed by atoms with Crippen LogP contribution in [0, 0.1) is 23.2 Å². The van der Waals surface area contributed by atoms with Crippen LogP contribution in [0.1, 0.15) is 54.8 Å². The second-order valence-corrected chi connectivity index (χ2v) is 7.02. The maximum absolute atomic E-state index is 11.1. The van der Waals surface area contributed by atoms with Crippen LogP contribution < -0.4 is 0 Å². The van der Waals surface area contributed by atoms with Gasteiger partial charge >= 0.3 is 5.97 Å². The van der Waals surface area contributed by atoms with Gasteiger partial charge in [-0.2, -0.15) is 0 Å². The van der Waals surface area contributed by atoms with Crippen LogP contribution in [0.15, 0.2) is 10.8 Å². The molecular weight excluding hydrogens is 242 g/mol. The van der Waals surface area contributed by atoms with E-state index in [0.29, 0.717) is 11.2 Å². The van der Waals surface area contributed by atoms with Crippen LogP contribution in [-0.2, 0) is 6.42 Å². The summed E-state index contributed by atoms with van der Waals surface area (Å²) in [5, 5.41) is 9.14. The molecular formula is C15H19NO3. The van der Waals surface area contributed by atoms with Crippen LogP contribution in [0.25, 0.3) is 0 Å². The third kappa shape index (κ3) is 1.80. The van der Waals surface area contributed by atoms with Crippen molar-refractivity contribution in [1.82, 2.24) is 4.98 Å². The lowest BCUT2D eigenvalue weighted by Crippen LogP contribution is -2.47. The minimum absolute atomic E-state index is 0.121. The highest BCUT2D eigenvalue weighted by Crippen LogP contribution is 2.61. The van der Waals surface area contributed by atoms with Crippen LogP contribution in [0.5, 0.6) is 0 Å². The number of hydrogen-bond donors (Lipinski definition) is 1. The van der Waals surface area contributed by atoms with Crippen molar-refractivity contribution in [3.05, 3.63) is 17.8 Å². The van der Waals surface area contributed by atoms with E-state index in [9.17, 15) is 4.79 Å². The molecule has 4 fully saturated rings. The van der Waals surface area contributed by atoms with E-state index in [1.807, 2.05) is 0 Å². The molecule has 4 bridgehead atoms. The molecule has 4 heteroatoms. The Hall–Kier alpha value is -1.32. The molecule has 4 saturated carbocycles. The van der Waals surface area contributed by atoms with Crippen molar-refractivity contribution in [1.29, 1.82) is 0 Å². The maximum atomic E-state index is 11.1. The number of carboxylic acids is 1. The Balaban J connectivity index is 1.62. The predicted molar refractivity (Wildman–Crippen MR) is 67.8 cm³/mol. The minimum atomic E-state index is -0.964. The average molecular weight is 261 g/mol. The number of carbonyl (C=O) groups is 1. The molecule has 0 aromatic carbocycles. The van der Waals surface area contributed by atoms with E-state index >= 15 is 0 Å². The molecule has 0 amide bonds. The first-order valence-corrected chi connectivity index (χ1v) is 7.29. The number of nitrogens with zero attached hydrogens (tertiary/aromatic N) is 1. The highest BCUT2D eigenvalue weighted by Gasteiger charge is 2.51. The summed E-state index contributed by atoms with van der Waals surface area (Å²) < 4.78 is 5.37. The summed E-state index contributed by atoms with van der Waals surface area (Å²) in [6.45, 7) is 0. The molecule has 0 radical (unpaired) electrons. The smallest absolute Gasteiger partial charge is 0.358 e. The van der Waals surface area contributed by atoms with Gasteiger partial charge in [0.05, 0.1) is 0 Å². The van der Waals surface area contributed by atoms with Gasteiger partial charge < -0.3 is 9.52 Å². The fraction of sp³-hybridized carbons (Fsp3) is 0.733. The topological polar surface area (TPSA) is 63.3 Å². The largest absolute Gasteiger partial charge is 0.476 e. The molecule has 4 nitrogen and oxygen atoms in total. The first kappa shape index (κ1) is 11.5. The summed E-state index contributed by atoms with van der Waals surface area (Å²) in [5.41, 5.74) is 0.425. The minimum Gasteiger partial charge on any atom is -0.476 e. The normalized spacial score (nSPS) is 39.7. The lowest BCUT2D eigenvalue weighted by molar-refractivity contribution is -0.0545. The summed E-state index contributed by atoms with van der Waals surface area (Å²) in [7, 11) is 0. The molecule has 0 saturated heterocycles. The van der Waals surface area contributed by atoms with Gasteiger partial charge in [0.1, 0.15) is 5.76 Å². The first-order valence-electron chi connectivity index (χ1n) is 7.29. The van der Waals surface area contributed by atoms with Crippen molar-refractivity contribution in [2.45, 2.75) is 44.9 Å². The lowest BCUT2D eigenvalue weighted by Gasteiger charge is -2.56. The molecule has 5 rings (SSSR count). The van der Waals surface area contributed by atoms with E-state index in [1.165, 1.54) is 44.9 Å². The summed E-state index contributed by atoms with van der Waals surface area (Å²) in [6.07, 6.45) is 10.1. The van der Waals surface area contributed by atoms with Crippen LogP contribution in [0.2, 0.25) is 0 Å². The van der Waals surface area contributed by atoms with Crippen LogP contribution in [-0.4, -0.2) is 16.1 Å². The lowest BCUT2D eigenvalue weighted by atomic mass is 9.48. The third-order valence-electron chi connectivity index (χ3n) is 5.54. The summed E-state index contributed by atoms with van der Waals surface area (Å²) in [5.74, 6) is 2.26. The van der Waals surface area contributed by atoms with E-state index in [0.717, 1.165) is 24.2 Å². The van der Waals surface area contributed by atoms with Gasteiger partial charge in [0.2, 0.25) is 0 Å². The zero-order chi connectivity index (χ0) is 13.0. The maximum Gasteiger partial charge on any atom is 0.358 e. The van der Waals surface area contributed by atoms with E-state index in [4.69, 9.17) is 9.52 Å². The summed E-state index contributed by atoms with van der Waals surface area (Å²) in [4.78, 5) is 15.0. The Kier molecular flexibility index (Phi) is 2.32. The zero-order valence-electron chi connectivity index (χ0n) is 11.0. The van der Waals surface area contributed by atoms with E-state index in [2.05, 4.69) is 4.98 Å². The molecule has 0 spiro atoms. The summed E-state index contributed by atoms with van der Waals surface area (Å²) in [6, 6.07) is 0. The quantitative estimate of drug-likeness (QED) is 0.908. The second-order valence-electron chi connectivity index (χ2n) is 7.02. The number of oxazole rings is 1. The molecule has 1 aromatic rings. The van der Waals surface area contributed by atoms with Crippen molar-refractivity contribution < 1.29 is 14.3 Å². The van der Waals surface area contributed by atoms with Crippen molar-refractivity contribution in [3.63, 3.8) is 0 Å². The van der Waals surface area contributed by atoms with Gasteiger partial charge in [0, 0.05) is 6.42 Å². The number of hydrogen-bond acceptors (Lipinski definition) is 3.